The van der Waals surface area contributed by atoms with Gasteiger partial charge in [-0.1, -0.05) is 23.7 Å². The first kappa shape index (κ1) is 20.7. The second-order valence-corrected chi connectivity index (χ2v) is 8.54. The molecular formula is C25H21ClN6O2. The number of carbonyl (C=O) groups excluding carboxylic acids is 1. The number of H-pyrrole nitrogens is 2. The fourth-order valence-electron chi connectivity index (χ4n) is 4.48. The average molecular weight is 473 g/mol. The molecule has 9 heteroatoms. The van der Waals surface area contributed by atoms with E-state index in [1.54, 1.807) is 12.3 Å². The molecule has 0 aliphatic carbocycles. The molecule has 5 aromatic rings. The number of morpholine rings is 1. The van der Waals surface area contributed by atoms with Crippen LogP contribution in [0.4, 0.5) is 11.4 Å². The second-order valence-electron chi connectivity index (χ2n) is 8.15. The van der Waals surface area contributed by atoms with Gasteiger partial charge in [0, 0.05) is 35.6 Å². The van der Waals surface area contributed by atoms with E-state index in [-0.39, 0.29) is 16.8 Å². The summed E-state index contributed by atoms with van der Waals surface area (Å²) in [6.45, 7) is 2.58. The third kappa shape index (κ3) is 3.67. The molecule has 0 unspecified atom stereocenters. The van der Waals surface area contributed by atoms with Crippen molar-refractivity contribution in [2.45, 2.75) is 0 Å². The Bertz CT molecular complexity index is 1520. The van der Waals surface area contributed by atoms with Crippen LogP contribution in [-0.4, -0.2) is 52.4 Å². The molecule has 1 aliphatic rings. The van der Waals surface area contributed by atoms with Gasteiger partial charge in [-0.15, -0.1) is 0 Å². The molecule has 1 aliphatic heterocycles. The topological polar surface area (TPSA) is 98.9 Å². The first-order chi connectivity index (χ1) is 16.7. The lowest BCUT2D eigenvalue weighted by molar-refractivity contribution is 0.102. The van der Waals surface area contributed by atoms with Crippen molar-refractivity contribution < 1.29 is 9.53 Å². The normalized spacial score (nSPS) is 14.1. The van der Waals surface area contributed by atoms with Crippen LogP contribution in [0.25, 0.3) is 32.9 Å². The number of pyridine rings is 1. The van der Waals surface area contributed by atoms with Gasteiger partial charge in [0.2, 0.25) is 0 Å². The van der Waals surface area contributed by atoms with Crippen molar-refractivity contribution in [3.05, 3.63) is 71.8 Å². The van der Waals surface area contributed by atoms with Gasteiger partial charge in [-0.05, 0) is 47.5 Å². The summed E-state index contributed by atoms with van der Waals surface area (Å²) in [5.41, 5.74) is 5.56. The summed E-state index contributed by atoms with van der Waals surface area (Å²) in [4.78, 5) is 23.2. The maximum Gasteiger partial charge on any atom is 0.276 e. The summed E-state index contributed by atoms with van der Waals surface area (Å²) in [5.74, 6) is -0.330. The third-order valence-corrected chi connectivity index (χ3v) is 6.33. The molecule has 3 N–H and O–H groups in total. The summed E-state index contributed by atoms with van der Waals surface area (Å²) < 4.78 is 5.46. The molecule has 0 spiro atoms. The third-order valence-electron chi connectivity index (χ3n) is 6.12. The summed E-state index contributed by atoms with van der Waals surface area (Å²) in [6, 6.07) is 15.7. The molecule has 0 atom stereocenters. The van der Waals surface area contributed by atoms with Crippen LogP contribution in [0, 0.1) is 0 Å². The Hall–Kier alpha value is -3.88. The Morgan fingerprint density at radius 2 is 1.94 bits per heavy atom. The monoisotopic (exact) mass is 472 g/mol. The second kappa shape index (κ2) is 8.48. The number of nitrogens with zero attached hydrogens (tertiary/aromatic N) is 3. The quantitative estimate of drug-likeness (QED) is 0.325. The molecule has 1 fully saturated rings. The highest BCUT2D eigenvalue weighted by atomic mass is 35.5. The van der Waals surface area contributed by atoms with Gasteiger partial charge >= 0.3 is 0 Å². The smallest absolute Gasteiger partial charge is 0.276 e. The van der Waals surface area contributed by atoms with Crippen LogP contribution in [-0.2, 0) is 4.74 Å². The highest BCUT2D eigenvalue weighted by Crippen LogP contribution is 2.34. The van der Waals surface area contributed by atoms with E-state index in [1.807, 2.05) is 42.6 Å². The molecular weight excluding hydrogens is 452 g/mol. The fraction of sp³-hybridized carbons (Fsp3) is 0.160. The molecule has 170 valence electrons. The Balaban J connectivity index is 1.41. The number of amides is 1. The van der Waals surface area contributed by atoms with Crippen LogP contribution in [0.1, 0.15) is 10.5 Å². The Kier molecular flexibility index (Phi) is 5.16. The lowest BCUT2D eigenvalue weighted by atomic mass is 9.99. The number of rotatable bonds is 4. The predicted octanol–water partition coefficient (Wildman–Crippen LogP) is 4.85. The van der Waals surface area contributed by atoms with Crippen molar-refractivity contribution in [2.24, 2.45) is 0 Å². The Labute approximate surface area is 199 Å². The Morgan fingerprint density at radius 1 is 1.06 bits per heavy atom. The van der Waals surface area contributed by atoms with Crippen molar-refractivity contribution in [2.75, 3.05) is 36.5 Å². The number of anilines is 2. The first-order valence-corrected chi connectivity index (χ1v) is 11.4. The maximum absolute atomic E-state index is 13.5. The van der Waals surface area contributed by atoms with Gasteiger partial charge in [0.05, 0.1) is 36.3 Å². The van der Waals surface area contributed by atoms with E-state index < -0.39 is 0 Å². The number of hydrogen-bond donors (Lipinski definition) is 3. The number of ether oxygens (including phenoxy) is 1. The lowest BCUT2D eigenvalue weighted by Gasteiger charge is -2.29. The Morgan fingerprint density at radius 3 is 2.82 bits per heavy atom. The number of nitrogens with one attached hydrogen (secondary N) is 3. The van der Waals surface area contributed by atoms with E-state index in [1.165, 1.54) is 0 Å². The molecule has 6 rings (SSSR count). The van der Waals surface area contributed by atoms with E-state index in [4.69, 9.17) is 16.3 Å². The van der Waals surface area contributed by atoms with Gasteiger partial charge in [0.25, 0.3) is 5.91 Å². The zero-order valence-electron chi connectivity index (χ0n) is 18.1. The van der Waals surface area contributed by atoms with E-state index in [0.29, 0.717) is 32.0 Å². The van der Waals surface area contributed by atoms with Gasteiger partial charge in [-0.25, -0.2) is 4.98 Å². The fourth-order valence-corrected chi connectivity index (χ4v) is 4.63. The van der Waals surface area contributed by atoms with Gasteiger partial charge in [-0.3, -0.25) is 9.89 Å². The number of fused-ring (bicyclic) bond motifs is 2. The van der Waals surface area contributed by atoms with Crippen LogP contribution < -0.4 is 10.2 Å². The van der Waals surface area contributed by atoms with Crippen molar-refractivity contribution in [3.63, 3.8) is 0 Å². The largest absolute Gasteiger partial charge is 0.378 e. The maximum atomic E-state index is 13.5. The molecule has 34 heavy (non-hydrogen) atoms. The van der Waals surface area contributed by atoms with E-state index in [2.05, 4.69) is 36.4 Å². The average Bonchev–Trinajstić information content (AvgIpc) is 3.54. The van der Waals surface area contributed by atoms with Gasteiger partial charge in [0.1, 0.15) is 5.15 Å². The molecule has 3 aromatic heterocycles. The number of hydrogen-bond acceptors (Lipinski definition) is 5. The number of aromatic amines is 2. The minimum atomic E-state index is -0.330. The molecule has 8 nitrogen and oxygen atoms in total. The number of aromatic nitrogens is 4. The van der Waals surface area contributed by atoms with Gasteiger partial charge < -0.3 is 19.9 Å². The van der Waals surface area contributed by atoms with Crippen molar-refractivity contribution >= 4 is 50.7 Å². The van der Waals surface area contributed by atoms with Crippen molar-refractivity contribution in [3.8, 4) is 11.1 Å². The summed E-state index contributed by atoms with van der Waals surface area (Å²) in [5, 5.41) is 12.5. The van der Waals surface area contributed by atoms with Crippen molar-refractivity contribution in [1.29, 1.82) is 0 Å². The molecule has 1 saturated heterocycles. The van der Waals surface area contributed by atoms with Crippen LogP contribution in [0.15, 0.2) is 60.9 Å². The summed E-state index contributed by atoms with van der Waals surface area (Å²) in [6.07, 6.45) is 3.63. The number of benzene rings is 2. The first-order valence-electron chi connectivity index (χ1n) is 11.0. The van der Waals surface area contributed by atoms with Crippen molar-refractivity contribution in [1.82, 2.24) is 20.2 Å². The zero-order chi connectivity index (χ0) is 23.1. The highest BCUT2D eigenvalue weighted by Gasteiger charge is 2.22. The van der Waals surface area contributed by atoms with Crippen LogP contribution in [0.5, 0.6) is 0 Å². The molecule has 4 heterocycles. The van der Waals surface area contributed by atoms with Crippen LogP contribution >= 0.6 is 11.6 Å². The van der Waals surface area contributed by atoms with E-state index in [9.17, 15) is 4.79 Å². The van der Waals surface area contributed by atoms with Gasteiger partial charge in [0.15, 0.2) is 5.69 Å². The minimum Gasteiger partial charge on any atom is -0.378 e. The summed E-state index contributed by atoms with van der Waals surface area (Å²) in [7, 11) is 0. The number of halogens is 1. The SMILES string of the molecule is O=C(Nc1cc(-c2cccc3[nH]ccc23)cc2[nH]ncc12)c1nc(Cl)ccc1N1CCOCC1. The highest BCUT2D eigenvalue weighted by molar-refractivity contribution is 6.29. The van der Waals surface area contributed by atoms with E-state index >= 15 is 0 Å². The zero-order valence-corrected chi connectivity index (χ0v) is 18.9. The van der Waals surface area contributed by atoms with Gasteiger partial charge in [-0.2, -0.15) is 5.10 Å². The standard InChI is InChI=1S/C25H21ClN6O2/c26-23-5-4-22(32-8-10-34-11-9-32)24(30-23)25(33)29-20-12-15(13-21-18(20)14-28-31-21)16-2-1-3-19-17(16)6-7-27-19/h1-7,12-14,27H,8-11H2,(H,28,31)(H,29,33). The van der Waals surface area contributed by atoms with E-state index in [0.717, 1.165) is 38.6 Å². The molecule has 1 amide bonds. The summed E-state index contributed by atoms with van der Waals surface area (Å²) >= 11 is 6.18. The minimum absolute atomic E-state index is 0.267. The molecule has 0 bridgehead atoms. The lowest BCUT2D eigenvalue weighted by Crippen LogP contribution is -2.37. The molecule has 0 radical (unpaired) electrons. The number of carbonyl (C=O) groups is 1. The predicted molar refractivity (Wildman–Crippen MR) is 134 cm³/mol. The molecule has 2 aromatic carbocycles. The van der Waals surface area contributed by atoms with Crippen LogP contribution in [0.2, 0.25) is 5.15 Å². The molecule has 0 saturated carbocycles. The van der Waals surface area contributed by atoms with Crippen LogP contribution in [0.3, 0.4) is 0 Å².